The number of carbonyl (C=O) groups excluding carboxylic acids is 1. The molecule has 5 aromatic rings. The van der Waals surface area contributed by atoms with Crippen molar-refractivity contribution in [1.82, 2.24) is 23.8 Å². The molecule has 0 spiro atoms. The maximum atomic E-state index is 13.5. The third-order valence-electron chi connectivity index (χ3n) is 5.72. The number of aromatic nitrogens is 4. The summed E-state index contributed by atoms with van der Waals surface area (Å²) in [5.41, 5.74) is 4.32. The summed E-state index contributed by atoms with van der Waals surface area (Å²) in [6.45, 7) is 3.83. The summed E-state index contributed by atoms with van der Waals surface area (Å²) in [5, 5.41) is 0. The van der Waals surface area contributed by atoms with E-state index in [9.17, 15) is 4.79 Å². The van der Waals surface area contributed by atoms with Crippen molar-refractivity contribution in [3.63, 3.8) is 0 Å². The van der Waals surface area contributed by atoms with E-state index in [-0.39, 0.29) is 5.91 Å². The Morgan fingerprint density at radius 2 is 1.76 bits per heavy atom. The predicted octanol–water partition coefficient (Wildman–Crippen LogP) is 4.91. The van der Waals surface area contributed by atoms with E-state index < -0.39 is 0 Å². The minimum Gasteiger partial charge on any atom is -0.348 e. The fraction of sp³-hybridized carbons (Fsp3) is 0.148. The zero-order valence-corrected chi connectivity index (χ0v) is 18.5. The maximum Gasteiger partial charge on any atom is 0.275 e. The second-order valence-corrected chi connectivity index (χ2v) is 7.94. The second kappa shape index (κ2) is 9.12. The summed E-state index contributed by atoms with van der Waals surface area (Å²) >= 11 is 0. The molecule has 1 amide bonds. The van der Waals surface area contributed by atoms with Crippen molar-refractivity contribution in [2.24, 2.45) is 0 Å². The molecule has 0 saturated heterocycles. The van der Waals surface area contributed by atoms with Crippen LogP contribution in [-0.2, 0) is 13.1 Å². The Balaban J connectivity index is 1.48. The van der Waals surface area contributed by atoms with Gasteiger partial charge >= 0.3 is 0 Å². The second-order valence-electron chi connectivity index (χ2n) is 7.94. The van der Waals surface area contributed by atoms with Gasteiger partial charge in [0.1, 0.15) is 5.82 Å². The Kier molecular flexibility index (Phi) is 5.72. The number of hydrogen-bond donors (Lipinski definition) is 0. The van der Waals surface area contributed by atoms with E-state index in [0.717, 1.165) is 28.2 Å². The zero-order valence-electron chi connectivity index (χ0n) is 18.5. The standard InChI is InChI=1S/C27H25N5O/c1-2-31(18-21-10-4-3-5-11-21)27(33)25-24-13-7-9-16-32(24)26(29-25)22-14-17-30(19-22)20-23-12-6-8-15-28-23/h3-17,19H,2,18,20H2,1H3. The van der Waals surface area contributed by atoms with Crippen LogP contribution in [0.15, 0.2) is 97.6 Å². The molecule has 4 heterocycles. The molecule has 1 aromatic carbocycles. The quantitative estimate of drug-likeness (QED) is 0.365. The lowest BCUT2D eigenvalue weighted by atomic mass is 10.2. The summed E-state index contributed by atoms with van der Waals surface area (Å²) in [4.78, 5) is 24.6. The molecule has 0 radical (unpaired) electrons. The van der Waals surface area contributed by atoms with Crippen LogP contribution in [0.1, 0.15) is 28.7 Å². The molecule has 0 aliphatic carbocycles. The normalized spacial score (nSPS) is 11.1. The van der Waals surface area contributed by atoms with E-state index in [4.69, 9.17) is 4.98 Å². The van der Waals surface area contributed by atoms with Crippen LogP contribution in [0.2, 0.25) is 0 Å². The Labute approximate surface area is 192 Å². The van der Waals surface area contributed by atoms with E-state index in [1.807, 2.05) is 108 Å². The number of amides is 1. The van der Waals surface area contributed by atoms with Crippen LogP contribution < -0.4 is 0 Å². The number of hydrogen-bond acceptors (Lipinski definition) is 3. The molecule has 6 nitrogen and oxygen atoms in total. The third kappa shape index (κ3) is 4.28. The number of rotatable bonds is 7. The molecular formula is C27H25N5O. The molecule has 0 bridgehead atoms. The Morgan fingerprint density at radius 1 is 0.939 bits per heavy atom. The first-order valence-electron chi connectivity index (χ1n) is 11.1. The van der Waals surface area contributed by atoms with E-state index in [1.54, 1.807) is 6.20 Å². The Hall–Kier alpha value is -4.19. The van der Waals surface area contributed by atoms with Crippen molar-refractivity contribution in [1.29, 1.82) is 0 Å². The lowest BCUT2D eigenvalue weighted by molar-refractivity contribution is 0.0749. The summed E-state index contributed by atoms with van der Waals surface area (Å²) < 4.78 is 4.07. The van der Waals surface area contributed by atoms with Gasteiger partial charge in [0, 0.05) is 43.4 Å². The highest BCUT2D eigenvalue weighted by atomic mass is 16.2. The summed E-state index contributed by atoms with van der Waals surface area (Å²) in [6.07, 6.45) is 7.82. The number of imidazole rings is 1. The number of fused-ring (bicyclic) bond motifs is 1. The zero-order chi connectivity index (χ0) is 22.6. The van der Waals surface area contributed by atoms with Gasteiger partial charge in [0.15, 0.2) is 5.69 Å². The molecule has 0 aliphatic rings. The summed E-state index contributed by atoms with van der Waals surface area (Å²) in [5.74, 6) is 0.689. The van der Waals surface area contributed by atoms with Gasteiger partial charge in [-0.2, -0.15) is 0 Å². The summed E-state index contributed by atoms with van der Waals surface area (Å²) in [6, 6.07) is 23.8. The van der Waals surface area contributed by atoms with Crippen LogP contribution in [0.25, 0.3) is 16.9 Å². The van der Waals surface area contributed by atoms with Crippen molar-refractivity contribution in [2.75, 3.05) is 6.54 Å². The van der Waals surface area contributed by atoms with Gasteiger partial charge in [-0.1, -0.05) is 42.5 Å². The number of carbonyl (C=O) groups is 1. The number of benzene rings is 1. The molecule has 33 heavy (non-hydrogen) atoms. The highest BCUT2D eigenvalue weighted by Gasteiger charge is 2.23. The van der Waals surface area contributed by atoms with Gasteiger partial charge in [-0.05, 0) is 42.8 Å². The van der Waals surface area contributed by atoms with Crippen molar-refractivity contribution >= 4 is 11.4 Å². The molecule has 0 aliphatic heterocycles. The first-order valence-corrected chi connectivity index (χ1v) is 11.1. The first-order chi connectivity index (χ1) is 16.2. The molecule has 0 saturated carbocycles. The fourth-order valence-corrected chi connectivity index (χ4v) is 4.03. The van der Waals surface area contributed by atoms with E-state index in [0.29, 0.717) is 25.3 Å². The van der Waals surface area contributed by atoms with Crippen molar-refractivity contribution in [3.8, 4) is 11.4 Å². The largest absolute Gasteiger partial charge is 0.348 e. The average Bonchev–Trinajstić information content (AvgIpc) is 3.48. The Morgan fingerprint density at radius 3 is 2.55 bits per heavy atom. The average molecular weight is 436 g/mol. The van der Waals surface area contributed by atoms with Crippen LogP contribution in [-0.4, -0.2) is 36.3 Å². The molecule has 0 unspecified atom stereocenters. The Bertz CT molecular complexity index is 1370. The number of pyridine rings is 2. The van der Waals surface area contributed by atoms with Gasteiger partial charge in [0.25, 0.3) is 5.91 Å². The van der Waals surface area contributed by atoms with E-state index in [1.165, 1.54) is 0 Å². The molecule has 5 rings (SSSR count). The van der Waals surface area contributed by atoms with Crippen molar-refractivity contribution in [2.45, 2.75) is 20.0 Å². The van der Waals surface area contributed by atoms with Gasteiger partial charge in [-0.25, -0.2) is 4.98 Å². The minimum atomic E-state index is -0.0655. The third-order valence-corrected chi connectivity index (χ3v) is 5.72. The molecule has 4 aromatic heterocycles. The number of nitrogens with zero attached hydrogens (tertiary/aromatic N) is 5. The van der Waals surface area contributed by atoms with Crippen molar-refractivity contribution in [3.05, 3.63) is 115 Å². The lowest BCUT2D eigenvalue weighted by Crippen LogP contribution is -2.30. The topological polar surface area (TPSA) is 55.4 Å². The predicted molar refractivity (Wildman–Crippen MR) is 129 cm³/mol. The fourth-order valence-electron chi connectivity index (χ4n) is 4.03. The maximum absolute atomic E-state index is 13.5. The minimum absolute atomic E-state index is 0.0655. The molecule has 6 heteroatoms. The van der Waals surface area contributed by atoms with Crippen LogP contribution in [0, 0.1) is 0 Å². The van der Waals surface area contributed by atoms with Crippen LogP contribution in [0.5, 0.6) is 0 Å². The van der Waals surface area contributed by atoms with Crippen LogP contribution in [0.3, 0.4) is 0 Å². The smallest absolute Gasteiger partial charge is 0.275 e. The monoisotopic (exact) mass is 435 g/mol. The molecular weight excluding hydrogens is 410 g/mol. The highest BCUT2D eigenvalue weighted by Crippen LogP contribution is 2.25. The molecule has 0 fully saturated rings. The van der Waals surface area contributed by atoms with Crippen LogP contribution >= 0.6 is 0 Å². The molecule has 0 N–H and O–H groups in total. The van der Waals surface area contributed by atoms with E-state index in [2.05, 4.69) is 9.55 Å². The summed E-state index contributed by atoms with van der Waals surface area (Å²) in [7, 11) is 0. The van der Waals surface area contributed by atoms with Gasteiger partial charge in [-0.3, -0.25) is 14.2 Å². The van der Waals surface area contributed by atoms with E-state index >= 15 is 0 Å². The van der Waals surface area contributed by atoms with Gasteiger partial charge in [0.05, 0.1) is 17.8 Å². The first kappa shape index (κ1) is 20.7. The SMILES string of the molecule is CCN(Cc1ccccc1)C(=O)c1nc(-c2ccn(Cc3ccccn3)c2)n2ccccc12. The molecule has 0 atom stereocenters. The van der Waals surface area contributed by atoms with Crippen molar-refractivity contribution < 1.29 is 4.79 Å². The molecule has 164 valence electrons. The highest BCUT2D eigenvalue weighted by molar-refractivity contribution is 6.00. The van der Waals surface area contributed by atoms with Gasteiger partial charge in [0.2, 0.25) is 0 Å². The van der Waals surface area contributed by atoms with Gasteiger partial charge in [-0.15, -0.1) is 0 Å². The van der Waals surface area contributed by atoms with Crippen LogP contribution in [0.4, 0.5) is 0 Å². The lowest BCUT2D eigenvalue weighted by Gasteiger charge is -2.20. The van der Waals surface area contributed by atoms with Gasteiger partial charge < -0.3 is 9.47 Å².